The number of rotatable bonds is 4. The van der Waals surface area contributed by atoms with Crippen molar-refractivity contribution in [1.82, 2.24) is 4.90 Å². The van der Waals surface area contributed by atoms with Gasteiger partial charge in [0.1, 0.15) is 5.82 Å². The smallest absolute Gasteiger partial charge is 0.228 e. The van der Waals surface area contributed by atoms with Crippen LogP contribution in [0.4, 0.5) is 10.1 Å². The van der Waals surface area contributed by atoms with Crippen LogP contribution in [0.2, 0.25) is 10.0 Å². The van der Waals surface area contributed by atoms with Crippen LogP contribution in [0.1, 0.15) is 18.4 Å². The van der Waals surface area contributed by atoms with E-state index >= 15 is 0 Å². The molecule has 0 radical (unpaired) electrons. The van der Waals surface area contributed by atoms with E-state index in [9.17, 15) is 9.18 Å². The Morgan fingerprint density at radius 1 is 1.20 bits per heavy atom. The van der Waals surface area contributed by atoms with Crippen molar-refractivity contribution in [3.63, 3.8) is 0 Å². The van der Waals surface area contributed by atoms with Crippen molar-refractivity contribution in [2.24, 2.45) is 5.92 Å². The van der Waals surface area contributed by atoms with Crippen LogP contribution in [-0.2, 0) is 11.3 Å². The number of halogens is 3. The first-order valence-electron chi connectivity index (χ1n) is 8.24. The van der Waals surface area contributed by atoms with Crippen LogP contribution in [0.25, 0.3) is 0 Å². The number of nitrogens with zero attached hydrogens (tertiary/aromatic N) is 1. The quantitative estimate of drug-likeness (QED) is 0.810. The molecule has 0 aliphatic carbocycles. The van der Waals surface area contributed by atoms with Crippen molar-refractivity contribution in [3.8, 4) is 0 Å². The maximum absolute atomic E-state index is 13.2. The second-order valence-electron chi connectivity index (χ2n) is 6.28. The van der Waals surface area contributed by atoms with Gasteiger partial charge in [0, 0.05) is 23.8 Å². The third-order valence-electron chi connectivity index (χ3n) is 4.42. The van der Waals surface area contributed by atoms with Gasteiger partial charge in [-0.15, -0.1) is 0 Å². The van der Waals surface area contributed by atoms with E-state index in [1.807, 2.05) is 24.3 Å². The maximum Gasteiger partial charge on any atom is 0.228 e. The van der Waals surface area contributed by atoms with Gasteiger partial charge in [-0.05, 0) is 49.2 Å². The molecule has 0 saturated carbocycles. The summed E-state index contributed by atoms with van der Waals surface area (Å²) in [5, 5.41) is 3.58. The SMILES string of the molecule is O=C(Nc1ccc(F)c(Cl)c1)[C@H]1CCCN(Cc2ccccc2Cl)C1. The summed E-state index contributed by atoms with van der Waals surface area (Å²) in [5.41, 5.74) is 1.58. The summed E-state index contributed by atoms with van der Waals surface area (Å²) in [4.78, 5) is 14.8. The lowest BCUT2D eigenvalue weighted by atomic mass is 9.96. The molecule has 1 heterocycles. The average Bonchev–Trinajstić information content (AvgIpc) is 2.60. The first kappa shape index (κ1) is 18.2. The van der Waals surface area contributed by atoms with E-state index in [2.05, 4.69) is 10.2 Å². The molecule has 25 heavy (non-hydrogen) atoms. The number of anilines is 1. The number of benzene rings is 2. The van der Waals surface area contributed by atoms with Crippen LogP contribution in [-0.4, -0.2) is 23.9 Å². The van der Waals surface area contributed by atoms with Crippen molar-refractivity contribution >= 4 is 34.8 Å². The zero-order valence-corrected chi connectivity index (χ0v) is 15.2. The second-order valence-corrected chi connectivity index (χ2v) is 7.10. The fourth-order valence-corrected chi connectivity index (χ4v) is 3.47. The van der Waals surface area contributed by atoms with E-state index in [-0.39, 0.29) is 16.8 Å². The largest absolute Gasteiger partial charge is 0.326 e. The molecule has 1 aliphatic rings. The molecule has 1 N–H and O–H groups in total. The van der Waals surface area contributed by atoms with Gasteiger partial charge < -0.3 is 5.32 Å². The van der Waals surface area contributed by atoms with Crippen LogP contribution in [0.5, 0.6) is 0 Å². The van der Waals surface area contributed by atoms with Gasteiger partial charge in [-0.1, -0.05) is 41.4 Å². The number of amides is 1. The maximum atomic E-state index is 13.2. The van der Waals surface area contributed by atoms with Crippen molar-refractivity contribution in [2.75, 3.05) is 18.4 Å². The van der Waals surface area contributed by atoms with Crippen molar-refractivity contribution in [3.05, 3.63) is 63.9 Å². The molecule has 0 unspecified atom stereocenters. The van der Waals surface area contributed by atoms with Crippen LogP contribution < -0.4 is 5.32 Å². The summed E-state index contributed by atoms with van der Waals surface area (Å²) in [5.74, 6) is -0.671. The molecule has 2 aromatic rings. The van der Waals surface area contributed by atoms with E-state index in [1.54, 1.807) is 0 Å². The monoisotopic (exact) mass is 380 g/mol. The predicted molar refractivity (Wildman–Crippen MR) is 99.5 cm³/mol. The Morgan fingerprint density at radius 3 is 2.76 bits per heavy atom. The van der Waals surface area contributed by atoms with E-state index in [0.29, 0.717) is 12.2 Å². The molecule has 1 fully saturated rings. The third-order valence-corrected chi connectivity index (χ3v) is 5.07. The Hall–Kier alpha value is -1.62. The molecule has 2 aromatic carbocycles. The highest BCUT2D eigenvalue weighted by atomic mass is 35.5. The summed E-state index contributed by atoms with van der Waals surface area (Å²) >= 11 is 12.0. The van der Waals surface area contributed by atoms with Gasteiger partial charge >= 0.3 is 0 Å². The minimum absolute atomic E-state index is 0.00166. The molecule has 0 spiro atoms. The zero-order chi connectivity index (χ0) is 17.8. The summed E-state index contributed by atoms with van der Waals surface area (Å²) in [6, 6.07) is 12.0. The van der Waals surface area contributed by atoms with E-state index < -0.39 is 5.82 Å². The molecule has 6 heteroatoms. The Morgan fingerprint density at radius 2 is 2.00 bits per heavy atom. The lowest BCUT2D eigenvalue weighted by molar-refractivity contribution is -0.121. The minimum atomic E-state index is -0.497. The van der Waals surface area contributed by atoms with Gasteiger partial charge in [-0.25, -0.2) is 4.39 Å². The highest BCUT2D eigenvalue weighted by Crippen LogP contribution is 2.24. The van der Waals surface area contributed by atoms with Gasteiger partial charge in [0.05, 0.1) is 10.9 Å². The Labute approximate surface area is 156 Å². The van der Waals surface area contributed by atoms with E-state index in [4.69, 9.17) is 23.2 Å². The first-order chi connectivity index (χ1) is 12.0. The van der Waals surface area contributed by atoms with Gasteiger partial charge in [0.25, 0.3) is 0 Å². The molecular weight excluding hydrogens is 362 g/mol. The number of likely N-dealkylation sites (tertiary alicyclic amines) is 1. The van der Waals surface area contributed by atoms with Gasteiger partial charge in [0.15, 0.2) is 0 Å². The van der Waals surface area contributed by atoms with Crippen LogP contribution in [0.15, 0.2) is 42.5 Å². The summed E-state index contributed by atoms with van der Waals surface area (Å²) in [6.07, 6.45) is 1.78. The second kappa shape index (κ2) is 8.17. The van der Waals surface area contributed by atoms with Gasteiger partial charge in [0.2, 0.25) is 5.91 Å². The molecule has 3 nitrogen and oxygen atoms in total. The number of nitrogens with one attached hydrogen (secondary N) is 1. The van der Waals surface area contributed by atoms with Crippen LogP contribution in [0.3, 0.4) is 0 Å². The average molecular weight is 381 g/mol. The van der Waals surface area contributed by atoms with E-state index in [0.717, 1.165) is 36.5 Å². The number of hydrogen-bond donors (Lipinski definition) is 1. The normalized spacial score (nSPS) is 18.1. The summed E-state index contributed by atoms with van der Waals surface area (Å²) in [6.45, 7) is 2.34. The molecule has 1 atom stereocenters. The third kappa shape index (κ3) is 4.72. The fourth-order valence-electron chi connectivity index (χ4n) is 3.10. The predicted octanol–water partition coefficient (Wildman–Crippen LogP) is 4.98. The van der Waals surface area contributed by atoms with Gasteiger partial charge in [-0.3, -0.25) is 9.69 Å². The Bertz CT molecular complexity index is 769. The molecule has 1 saturated heterocycles. The topological polar surface area (TPSA) is 32.3 Å². The molecule has 0 aromatic heterocycles. The van der Waals surface area contributed by atoms with Crippen molar-refractivity contribution < 1.29 is 9.18 Å². The zero-order valence-electron chi connectivity index (χ0n) is 13.6. The fraction of sp³-hybridized carbons (Fsp3) is 0.316. The lowest BCUT2D eigenvalue weighted by Gasteiger charge is -2.32. The van der Waals surface area contributed by atoms with Crippen molar-refractivity contribution in [1.29, 1.82) is 0 Å². The molecule has 132 valence electrons. The molecule has 3 rings (SSSR count). The summed E-state index contributed by atoms with van der Waals surface area (Å²) < 4.78 is 13.2. The van der Waals surface area contributed by atoms with Crippen molar-refractivity contribution in [2.45, 2.75) is 19.4 Å². The summed E-state index contributed by atoms with van der Waals surface area (Å²) in [7, 11) is 0. The van der Waals surface area contributed by atoms with Crippen LogP contribution in [0, 0.1) is 11.7 Å². The Balaban J connectivity index is 1.61. The molecule has 1 amide bonds. The minimum Gasteiger partial charge on any atom is -0.326 e. The Kier molecular flexibility index (Phi) is 5.94. The lowest BCUT2D eigenvalue weighted by Crippen LogP contribution is -2.40. The standard InChI is InChI=1S/C19H19Cl2FN2O/c20-16-6-2-1-4-13(16)11-24-9-3-5-14(12-24)19(25)23-15-7-8-18(22)17(21)10-15/h1-2,4,6-8,10,14H,3,5,9,11-12H2,(H,23,25)/t14-/m0/s1. The van der Waals surface area contributed by atoms with Crippen LogP contribution >= 0.6 is 23.2 Å². The number of piperidine rings is 1. The van der Waals surface area contributed by atoms with Gasteiger partial charge in [-0.2, -0.15) is 0 Å². The number of carbonyl (C=O) groups excluding carboxylic acids is 1. The number of hydrogen-bond acceptors (Lipinski definition) is 2. The van der Waals surface area contributed by atoms with E-state index in [1.165, 1.54) is 18.2 Å². The highest BCUT2D eigenvalue weighted by Gasteiger charge is 2.26. The first-order valence-corrected chi connectivity index (χ1v) is 9.00. The molecule has 1 aliphatic heterocycles. The molecular formula is C19H19Cl2FN2O. The highest BCUT2D eigenvalue weighted by molar-refractivity contribution is 6.31. The molecule has 0 bridgehead atoms. The number of carbonyl (C=O) groups is 1.